The lowest BCUT2D eigenvalue weighted by Gasteiger charge is -2.33. The summed E-state index contributed by atoms with van der Waals surface area (Å²) in [6, 6.07) is 10.1. The van der Waals surface area contributed by atoms with Gasteiger partial charge < -0.3 is 15.4 Å². The second kappa shape index (κ2) is 9.27. The van der Waals surface area contributed by atoms with Crippen molar-refractivity contribution in [2.24, 2.45) is 0 Å². The zero-order chi connectivity index (χ0) is 16.5. The van der Waals surface area contributed by atoms with Crippen molar-refractivity contribution in [3.8, 4) is 0 Å². The van der Waals surface area contributed by atoms with Gasteiger partial charge in [0.25, 0.3) is 0 Å². The fourth-order valence-corrected chi connectivity index (χ4v) is 2.50. The van der Waals surface area contributed by atoms with Crippen LogP contribution in [0.15, 0.2) is 30.3 Å². The van der Waals surface area contributed by atoms with E-state index in [1.165, 1.54) is 5.56 Å². The van der Waals surface area contributed by atoms with Gasteiger partial charge in [-0.05, 0) is 12.0 Å². The standard InChI is InChI=1S/C17H25N3O3/c1-2-8-18-16(21)17(22)19-9-10-20-11-12-23-15(13-20)14-6-4-3-5-7-14/h3-7,15H,2,8-13H2,1H3,(H,18,21)(H,19,22)/t15-/m0/s1. The maximum atomic E-state index is 11.6. The van der Waals surface area contributed by atoms with E-state index in [2.05, 4.69) is 27.7 Å². The molecule has 1 aliphatic heterocycles. The number of morpholine rings is 1. The molecule has 1 aliphatic rings. The summed E-state index contributed by atoms with van der Waals surface area (Å²) in [5.74, 6) is -1.12. The van der Waals surface area contributed by atoms with Crippen molar-refractivity contribution in [3.63, 3.8) is 0 Å². The molecule has 0 radical (unpaired) electrons. The number of rotatable bonds is 6. The largest absolute Gasteiger partial charge is 0.371 e. The molecule has 0 aromatic heterocycles. The lowest BCUT2D eigenvalue weighted by molar-refractivity contribution is -0.139. The van der Waals surface area contributed by atoms with Crippen LogP contribution in [0.3, 0.4) is 0 Å². The van der Waals surface area contributed by atoms with Crippen molar-refractivity contribution < 1.29 is 14.3 Å². The van der Waals surface area contributed by atoms with Crippen LogP contribution in [-0.4, -0.2) is 56.0 Å². The van der Waals surface area contributed by atoms with Gasteiger partial charge in [-0.25, -0.2) is 0 Å². The highest BCUT2D eigenvalue weighted by Gasteiger charge is 2.21. The third-order valence-electron chi connectivity index (χ3n) is 3.78. The minimum Gasteiger partial charge on any atom is -0.371 e. The summed E-state index contributed by atoms with van der Waals surface area (Å²) < 4.78 is 5.81. The molecule has 1 atom stereocenters. The normalized spacial score (nSPS) is 18.4. The van der Waals surface area contributed by atoms with Gasteiger partial charge in [0.2, 0.25) is 0 Å². The first-order valence-electron chi connectivity index (χ1n) is 8.15. The number of carbonyl (C=O) groups excluding carboxylic acids is 2. The second-order valence-electron chi connectivity index (χ2n) is 5.58. The summed E-state index contributed by atoms with van der Waals surface area (Å²) in [7, 11) is 0. The summed E-state index contributed by atoms with van der Waals surface area (Å²) in [6.07, 6.45) is 0.877. The fraction of sp³-hybridized carbons (Fsp3) is 0.529. The molecule has 2 rings (SSSR count). The zero-order valence-electron chi connectivity index (χ0n) is 13.6. The van der Waals surface area contributed by atoms with Gasteiger partial charge in [-0.3, -0.25) is 14.5 Å². The minimum absolute atomic E-state index is 0.0634. The van der Waals surface area contributed by atoms with Crippen LogP contribution in [0.5, 0.6) is 0 Å². The molecule has 0 unspecified atom stereocenters. The number of amides is 2. The Morgan fingerprint density at radius 3 is 2.57 bits per heavy atom. The molecule has 126 valence electrons. The molecule has 1 aromatic rings. The Kier molecular flexibility index (Phi) is 7.03. The average Bonchev–Trinajstić information content (AvgIpc) is 2.60. The van der Waals surface area contributed by atoms with E-state index in [0.29, 0.717) is 26.2 Å². The smallest absolute Gasteiger partial charge is 0.309 e. The summed E-state index contributed by atoms with van der Waals surface area (Å²) >= 11 is 0. The van der Waals surface area contributed by atoms with E-state index in [9.17, 15) is 9.59 Å². The monoisotopic (exact) mass is 319 g/mol. The summed E-state index contributed by atoms with van der Waals surface area (Å²) in [6.45, 7) is 5.93. The van der Waals surface area contributed by atoms with Gasteiger partial charge in [-0.2, -0.15) is 0 Å². The fourth-order valence-electron chi connectivity index (χ4n) is 2.50. The minimum atomic E-state index is -0.564. The van der Waals surface area contributed by atoms with Gasteiger partial charge >= 0.3 is 11.8 Å². The van der Waals surface area contributed by atoms with E-state index in [0.717, 1.165) is 19.5 Å². The molecular formula is C17H25N3O3. The highest BCUT2D eigenvalue weighted by Crippen LogP contribution is 2.21. The van der Waals surface area contributed by atoms with Crippen LogP contribution in [0.25, 0.3) is 0 Å². The first-order valence-corrected chi connectivity index (χ1v) is 8.15. The van der Waals surface area contributed by atoms with Crippen molar-refractivity contribution in [3.05, 3.63) is 35.9 Å². The van der Waals surface area contributed by atoms with Crippen LogP contribution in [0.2, 0.25) is 0 Å². The summed E-state index contributed by atoms with van der Waals surface area (Å²) in [5, 5.41) is 5.22. The van der Waals surface area contributed by atoms with E-state index < -0.39 is 11.8 Å². The van der Waals surface area contributed by atoms with Crippen LogP contribution < -0.4 is 10.6 Å². The first-order chi connectivity index (χ1) is 11.2. The second-order valence-corrected chi connectivity index (χ2v) is 5.58. The van der Waals surface area contributed by atoms with Crippen molar-refractivity contribution in [2.75, 3.05) is 39.3 Å². The predicted molar refractivity (Wildman–Crippen MR) is 87.9 cm³/mol. The number of nitrogens with one attached hydrogen (secondary N) is 2. The molecule has 0 saturated carbocycles. The van der Waals surface area contributed by atoms with Crippen molar-refractivity contribution in [2.45, 2.75) is 19.4 Å². The molecule has 0 aliphatic carbocycles. The van der Waals surface area contributed by atoms with Crippen LogP contribution >= 0.6 is 0 Å². The van der Waals surface area contributed by atoms with Gasteiger partial charge in [0, 0.05) is 32.7 Å². The third-order valence-corrected chi connectivity index (χ3v) is 3.78. The highest BCUT2D eigenvalue weighted by atomic mass is 16.5. The maximum Gasteiger partial charge on any atom is 0.309 e. The van der Waals surface area contributed by atoms with Crippen molar-refractivity contribution >= 4 is 11.8 Å². The SMILES string of the molecule is CCCNC(=O)C(=O)NCCN1CCO[C@H](c2ccccc2)C1. The van der Waals surface area contributed by atoms with E-state index in [-0.39, 0.29) is 6.10 Å². The van der Waals surface area contributed by atoms with Crippen LogP contribution in [-0.2, 0) is 14.3 Å². The Hall–Kier alpha value is -1.92. The van der Waals surface area contributed by atoms with E-state index in [1.807, 2.05) is 25.1 Å². The van der Waals surface area contributed by atoms with Crippen molar-refractivity contribution in [1.82, 2.24) is 15.5 Å². The van der Waals surface area contributed by atoms with Gasteiger partial charge in [-0.15, -0.1) is 0 Å². The zero-order valence-corrected chi connectivity index (χ0v) is 13.6. The first kappa shape index (κ1) is 17.4. The van der Waals surface area contributed by atoms with Gasteiger partial charge in [0.15, 0.2) is 0 Å². The summed E-state index contributed by atoms with van der Waals surface area (Å²) in [4.78, 5) is 25.3. The number of hydrogen-bond acceptors (Lipinski definition) is 4. The Bertz CT molecular complexity index is 507. The van der Waals surface area contributed by atoms with Crippen LogP contribution in [0, 0.1) is 0 Å². The third kappa shape index (κ3) is 5.65. The molecule has 23 heavy (non-hydrogen) atoms. The quantitative estimate of drug-likeness (QED) is 0.758. The molecule has 2 amide bonds. The van der Waals surface area contributed by atoms with Gasteiger partial charge in [0.05, 0.1) is 12.7 Å². The number of nitrogens with zero attached hydrogens (tertiary/aromatic N) is 1. The summed E-state index contributed by atoms with van der Waals surface area (Å²) in [5.41, 5.74) is 1.17. The topological polar surface area (TPSA) is 70.7 Å². The molecule has 0 spiro atoms. The van der Waals surface area contributed by atoms with Gasteiger partial charge in [0.1, 0.15) is 0 Å². The Morgan fingerprint density at radius 2 is 1.87 bits per heavy atom. The average molecular weight is 319 g/mol. The van der Waals surface area contributed by atoms with E-state index in [4.69, 9.17) is 4.74 Å². The number of ether oxygens (including phenoxy) is 1. The van der Waals surface area contributed by atoms with Gasteiger partial charge in [-0.1, -0.05) is 37.3 Å². The molecule has 1 fully saturated rings. The molecule has 0 bridgehead atoms. The van der Waals surface area contributed by atoms with Crippen molar-refractivity contribution in [1.29, 1.82) is 0 Å². The van der Waals surface area contributed by atoms with Crippen LogP contribution in [0.4, 0.5) is 0 Å². The highest BCUT2D eigenvalue weighted by molar-refractivity contribution is 6.35. The Balaban J connectivity index is 1.71. The molecular weight excluding hydrogens is 294 g/mol. The Morgan fingerprint density at radius 1 is 1.17 bits per heavy atom. The number of benzene rings is 1. The number of carbonyl (C=O) groups is 2. The molecule has 6 heteroatoms. The molecule has 2 N–H and O–H groups in total. The number of hydrogen-bond donors (Lipinski definition) is 2. The Labute approximate surface area is 137 Å². The maximum absolute atomic E-state index is 11.6. The lowest BCUT2D eigenvalue weighted by atomic mass is 10.1. The molecule has 1 aromatic carbocycles. The van der Waals surface area contributed by atoms with E-state index in [1.54, 1.807) is 0 Å². The van der Waals surface area contributed by atoms with E-state index >= 15 is 0 Å². The molecule has 6 nitrogen and oxygen atoms in total. The predicted octanol–water partition coefficient (Wildman–Crippen LogP) is 0.702. The molecule has 1 heterocycles. The lowest BCUT2D eigenvalue weighted by Crippen LogP contribution is -2.45. The molecule has 1 saturated heterocycles. The van der Waals surface area contributed by atoms with Crippen LogP contribution in [0.1, 0.15) is 25.0 Å².